The highest BCUT2D eigenvalue weighted by Gasteiger charge is 2.27. The Morgan fingerprint density at radius 1 is 1.30 bits per heavy atom. The Labute approximate surface area is 138 Å². The average molecular weight is 313 g/mol. The van der Waals surface area contributed by atoms with Gasteiger partial charge in [-0.25, -0.2) is 4.98 Å². The summed E-state index contributed by atoms with van der Waals surface area (Å²) in [5.74, 6) is 1.57. The monoisotopic (exact) mass is 313 g/mol. The number of pyridine rings is 1. The van der Waals surface area contributed by atoms with Crippen molar-refractivity contribution in [3.8, 4) is 0 Å². The van der Waals surface area contributed by atoms with Crippen LogP contribution in [0.1, 0.15) is 50.5 Å². The summed E-state index contributed by atoms with van der Waals surface area (Å²) in [6.45, 7) is 9.03. The lowest BCUT2D eigenvalue weighted by molar-refractivity contribution is 0.105. The molecule has 2 aliphatic rings. The quantitative estimate of drug-likeness (QED) is 0.934. The number of hydrogen-bond acceptors (Lipinski definition) is 3. The maximum atomic E-state index is 5.96. The van der Waals surface area contributed by atoms with Gasteiger partial charge >= 0.3 is 0 Å². The van der Waals surface area contributed by atoms with Crippen molar-refractivity contribution in [2.45, 2.75) is 45.8 Å². The van der Waals surface area contributed by atoms with Crippen molar-refractivity contribution in [2.24, 2.45) is 11.8 Å². The Kier molecular flexibility index (Phi) is 4.12. The summed E-state index contributed by atoms with van der Waals surface area (Å²) in [5, 5.41) is 1.27. The minimum atomic E-state index is 0.221. The summed E-state index contributed by atoms with van der Waals surface area (Å²) in [6.07, 6.45) is 5.72. The maximum Gasteiger partial charge on any atom is 0.137 e. The Balaban J connectivity index is 1.68. The van der Waals surface area contributed by atoms with E-state index in [1.807, 2.05) is 12.3 Å². The van der Waals surface area contributed by atoms with E-state index in [2.05, 4.69) is 34.8 Å². The molecule has 4 rings (SSSR count). The predicted molar refractivity (Wildman–Crippen MR) is 92.2 cm³/mol. The van der Waals surface area contributed by atoms with Crippen molar-refractivity contribution in [3.05, 3.63) is 29.6 Å². The lowest BCUT2D eigenvalue weighted by Gasteiger charge is -2.35. The van der Waals surface area contributed by atoms with Crippen molar-refractivity contribution in [2.75, 3.05) is 19.7 Å². The van der Waals surface area contributed by atoms with Gasteiger partial charge in [-0.3, -0.25) is 4.90 Å². The van der Waals surface area contributed by atoms with Gasteiger partial charge in [0, 0.05) is 37.8 Å². The fourth-order valence-electron chi connectivity index (χ4n) is 4.49. The van der Waals surface area contributed by atoms with Crippen LogP contribution in [0.15, 0.2) is 18.3 Å². The van der Waals surface area contributed by atoms with Crippen LogP contribution in [-0.2, 0) is 11.3 Å². The van der Waals surface area contributed by atoms with Gasteiger partial charge < -0.3 is 9.72 Å². The molecule has 0 saturated carbocycles. The molecular weight excluding hydrogens is 286 g/mol. The van der Waals surface area contributed by atoms with Crippen LogP contribution in [0.5, 0.6) is 0 Å². The summed E-state index contributed by atoms with van der Waals surface area (Å²) >= 11 is 0. The molecule has 3 atom stereocenters. The average Bonchev–Trinajstić information content (AvgIpc) is 3.14. The smallest absolute Gasteiger partial charge is 0.137 e. The van der Waals surface area contributed by atoms with E-state index < -0.39 is 0 Å². The first-order valence-electron chi connectivity index (χ1n) is 9.00. The Morgan fingerprint density at radius 3 is 2.87 bits per heavy atom. The third-order valence-corrected chi connectivity index (χ3v) is 5.29. The van der Waals surface area contributed by atoms with Gasteiger partial charge in [0.15, 0.2) is 0 Å². The molecule has 0 spiro atoms. The molecule has 2 fully saturated rings. The summed E-state index contributed by atoms with van der Waals surface area (Å²) in [4.78, 5) is 10.7. The highest BCUT2D eigenvalue weighted by molar-refractivity contribution is 5.81. The molecule has 4 nitrogen and oxygen atoms in total. The molecule has 0 bridgehead atoms. The van der Waals surface area contributed by atoms with Crippen molar-refractivity contribution in [1.29, 1.82) is 0 Å². The molecule has 2 saturated heterocycles. The van der Waals surface area contributed by atoms with Gasteiger partial charge in [0.25, 0.3) is 0 Å². The van der Waals surface area contributed by atoms with Gasteiger partial charge in [-0.1, -0.05) is 13.8 Å². The molecule has 2 aromatic rings. The highest BCUT2D eigenvalue weighted by Crippen LogP contribution is 2.35. The van der Waals surface area contributed by atoms with E-state index in [0.717, 1.165) is 43.5 Å². The number of H-pyrrole nitrogens is 1. The number of aromatic amines is 1. The first-order chi connectivity index (χ1) is 11.2. The van der Waals surface area contributed by atoms with Crippen molar-refractivity contribution in [3.63, 3.8) is 0 Å². The minimum absolute atomic E-state index is 0.221. The van der Waals surface area contributed by atoms with E-state index >= 15 is 0 Å². The normalized spacial score (nSPS) is 29.4. The van der Waals surface area contributed by atoms with Crippen LogP contribution in [0.25, 0.3) is 11.0 Å². The number of likely N-dealkylation sites (tertiary alicyclic amines) is 1. The first kappa shape index (κ1) is 15.2. The fraction of sp³-hybridized carbons (Fsp3) is 0.632. The van der Waals surface area contributed by atoms with Gasteiger partial charge in [-0.15, -0.1) is 0 Å². The van der Waals surface area contributed by atoms with E-state index in [0.29, 0.717) is 0 Å². The molecule has 2 aliphatic heterocycles. The van der Waals surface area contributed by atoms with Gasteiger partial charge in [0.2, 0.25) is 0 Å². The third kappa shape index (κ3) is 3.02. The lowest BCUT2D eigenvalue weighted by Crippen LogP contribution is -2.38. The molecular formula is C19H27N3O. The van der Waals surface area contributed by atoms with Crippen LogP contribution in [0.3, 0.4) is 0 Å². The number of fused-ring (bicyclic) bond motifs is 1. The Bertz CT molecular complexity index is 664. The summed E-state index contributed by atoms with van der Waals surface area (Å²) in [7, 11) is 0. The van der Waals surface area contributed by atoms with E-state index in [9.17, 15) is 0 Å². The number of nitrogens with zero attached hydrogens (tertiary/aromatic N) is 2. The fourth-order valence-corrected chi connectivity index (χ4v) is 4.49. The van der Waals surface area contributed by atoms with Gasteiger partial charge in [-0.05, 0) is 48.8 Å². The molecule has 1 N–H and O–H groups in total. The van der Waals surface area contributed by atoms with E-state index in [1.54, 1.807) is 0 Å². The molecule has 124 valence electrons. The summed E-state index contributed by atoms with van der Waals surface area (Å²) in [5.41, 5.74) is 3.68. The molecule has 2 aromatic heterocycles. The topological polar surface area (TPSA) is 41.1 Å². The SMILES string of the molecule is C[C@H]1C[C@H](C)CN(Cc2c([C@@H]3CCCO3)[nH]c3ncccc23)C1. The number of piperidine rings is 1. The first-order valence-corrected chi connectivity index (χ1v) is 9.00. The molecule has 0 unspecified atom stereocenters. The van der Waals surface area contributed by atoms with E-state index in [-0.39, 0.29) is 6.10 Å². The van der Waals surface area contributed by atoms with Crippen LogP contribution >= 0.6 is 0 Å². The Hall–Kier alpha value is -1.39. The standard InChI is InChI=1S/C19H27N3O/c1-13-9-14(2)11-22(10-13)12-16-15-5-3-7-20-19(15)21-18(16)17-6-4-8-23-17/h3,5,7,13-14,17H,4,6,8-12H2,1-2H3,(H,20,21)/t13-,14-,17-/m0/s1. The zero-order valence-electron chi connectivity index (χ0n) is 14.2. The maximum absolute atomic E-state index is 5.96. The van der Waals surface area contributed by atoms with Gasteiger partial charge in [0.05, 0.1) is 11.8 Å². The number of hydrogen-bond donors (Lipinski definition) is 1. The zero-order chi connectivity index (χ0) is 15.8. The summed E-state index contributed by atoms with van der Waals surface area (Å²) < 4.78 is 5.96. The van der Waals surface area contributed by atoms with E-state index in [1.165, 1.54) is 36.2 Å². The molecule has 0 radical (unpaired) electrons. The lowest BCUT2D eigenvalue weighted by atomic mass is 9.91. The number of rotatable bonds is 3. The van der Waals surface area contributed by atoms with Crippen LogP contribution in [0.2, 0.25) is 0 Å². The van der Waals surface area contributed by atoms with Crippen LogP contribution < -0.4 is 0 Å². The van der Waals surface area contributed by atoms with Crippen LogP contribution in [0.4, 0.5) is 0 Å². The second-order valence-corrected chi connectivity index (χ2v) is 7.56. The third-order valence-electron chi connectivity index (χ3n) is 5.29. The van der Waals surface area contributed by atoms with Crippen molar-refractivity contribution >= 4 is 11.0 Å². The second kappa shape index (κ2) is 6.25. The van der Waals surface area contributed by atoms with Crippen molar-refractivity contribution in [1.82, 2.24) is 14.9 Å². The molecule has 0 aromatic carbocycles. The molecule has 0 amide bonds. The van der Waals surface area contributed by atoms with Gasteiger partial charge in [-0.2, -0.15) is 0 Å². The van der Waals surface area contributed by atoms with Crippen LogP contribution in [-0.4, -0.2) is 34.6 Å². The molecule has 4 heterocycles. The largest absolute Gasteiger partial charge is 0.372 e. The Morgan fingerprint density at radius 2 is 2.13 bits per heavy atom. The number of aromatic nitrogens is 2. The summed E-state index contributed by atoms with van der Waals surface area (Å²) in [6, 6.07) is 4.24. The molecule has 4 heteroatoms. The van der Waals surface area contributed by atoms with Gasteiger partial charge in [0.1, 0.15) is 5.65 Å². The predicted octanol–water partition coefficient (Wildman–Crippen LogP) is 3.89. The molecule has 0 aliphatic carbocycles. The molecule has 23 heavy (non-hydrogen) atoms. The van der Waals surface area contributed by atoms with Crippen molar-refractivity contribution < 1.29 is 4.74 Å². The zero-order valence-corrected chi connectivity index (χ0v) is 14.2. The minimum Gasteiger partial charge on any atom is -0.372 e. The number of ether oxygens (including phenoxy) is 1. The number of nitrogens with one attached hydrogen (secondary N) is 1. The second-order valence-electron chi connectivity index (χ2n) is 7.56. The van der Waals surface area contributed by atoms with E-state index in [4.69, 9.17) is 4.74 Å². The highest BCUT2D eigenvalue weighted by atomic mass is 16.5. The van der Waals surface area contributed by atoms with Crippen LogP contribution in [0, 0.1) is 11.8 Å².